The van der Waals surface area contributed by atoms with E-state index in [4.69, 9.17) is 14.5 Å². The Morgan fingerprint density at radius 2 is 1.93 bits per heavy atom. The molecule has 4 aliphatic rings. The van der Waals surface area contributed by atoms with Crippen LogP contribution in [-0.2, 0) is 9.59 Å². The van der Waals surface area contributed by atoms with Gasteiger partial charge in [0.15, 0.2) is 11.5 Å². The van der Waals surface area contributed by atoms with Crippen molar-refractivity contribution in [3.8, 4) is 11.5 Å². The van der Waals surface area contributed by atoms with Gasteiger partial charge in [0, 0.05) is 11.6 Å². The predicted molar refractivity (Wildman–Crippen MR) is 98.0 cm³/mol. The van der Waals surface area contributed by atoms with Gasteiger partial charge in [0.25, 0.3) is 0 Å². The molecule has 2 aromatic rings. The van der Waals surface area contributed by atoms with Crippen LogP contribution in [0.1, 0.15) is 18.0 Å². The van der Waals surface area contributed by atoms with E-state index < -0.39 is 6.04 Å². The van der Waals surface area contributed by atoms with Gasteiger partial charge in [-0.2, -0.15) is 0 Å². The van der Waals surface area contributed by atoms with E-state index in [1.54, 1.807) is 4.90 Å². The third kappa shape index (κ3) is 2.07. The van der Waals surface area contributed by atoms with E-state index >= 15 is 0 Å². The van der Waals surface area contributed by atoms with Crippen LogP contribution in [0, 0.1) is 0 Å². The summed E-state index contributed by atoms with van der Waals surface area (Å²) >= 11 is 0. The van der Waals surface area contributed by atoms with Crippen LogP contribution in [0.5, 0.6) is 11.5 Å². The van der Waals surface area contributed by atoms with Gasteiger partial charge in [-0.25, -0.2) is 0 Å². The molecule has 2 aromatic carbocycles. The van der Waals surface area contributed by atoms with Crippen molar-refractivity contribution in [3.63, 3.8) is 0 Å². The Labute approximate surface area is 160 Å². The zero-order valence-corrected chi connectivity index (χ0v) is 14.9. The third-order valence-electron chi connectivity index (χ3n) is 5.98. The Bertz CT molecular complexity index is 1160. The molecule has 2 amide bonds. The van der Waals surface area contributed by atoms with Crippen molar-refractivity contribution in [2.45, 2.75) is 24.5 Å². The van der Waals surface area contributed by atoms with E-state index in [9.17, 15) is 9.59 Å². The van der Waals surface area contributed by atoms with Gasteiger partial charge >= 0.3 is 0 Å². The van der Waals surface area contributed by atoms with Gasteiger partial charge in [-0.15, -0.1) is 0 Å². The third-order valence-corrected chi connectivity index (χ3v) is 5.98. The van der Waals surface area contributed by atoms with Gasteiger partial charge < -0.3 is 19.7 Å². The molecular weight excluding hydrogens is 358 g/mol. The second kappa shape index (κ2) is 5.58. The lowest BCUT2D eigenvalue weighted by Crippen LogP contribution is -2.63. The van der Waals surface area contributed by atoms with Gasteiger partial charge in [0.1, 0.15) is 6.04 Å². The SMILES string of the molecule is O=C1NCC(=O)N2[C@@H]1CC1=c3ccccc3=N[C@@H]1[C@@H]2c1ccc2c(c1)OCO2. The van der Waals surface area contributed by atoms with Crippen LogP contribution in [0.25, 0.3) is 5.57 Å². The number of piperazine rings is 1. The molecule has 0 unspecified atom stereocenters. The molecule has 7 nitrogen and oxygen atoms in total. The first-order valence-corrected chi connectivity index (χ1v) is 9.35. The number of hydrogen-bond donors (Lipinski definition) is 1. The zero-order chi connectivity index (χ0) is 18.8. The van der Waals surface area contributed by atoms with Crippen molar-refractivity contribution in [1.82, 2.24) is 10.2 Å². The van der Waals surface area contributed by atoms with Gasteiger partial charge in [-0.1, -0.05) is 24.3 Å². The van der Waals surface area contributed by atoms with Gasteiger partial charge in [0.05, 0.1) is 24.0 Å². The van der Waals surface area contributed by atoms with Crippen LogP contribution >= 0.6 is 0 Å². The van der Waals surface area contributed by atoms with Crippen molar-refractivity contribution >= 4 is 17.4 Å². The summed E-state index contributed by atoms with van der Waals surface area (Å²) in [5.74, 6) is 1.15. The molecule has 4 heterocycles. The molecule has 2 fully saturated rings. The minimum Gasteiger partial charge on any atom is -0.454 e. The Balaban J connectivity index is 1.56. The van der Waals surface area contributed by atoms with E-state index in [0.29, 0.717) is 17.9 Å². The minimum absolute atomic E-state index is 0.0192. The summed E-state index contributed by atoms with van der Waals surface area (Å²) < 4.78 is 11.0. The fourth-order valence-electron chi connectivity index (χ4n) is 4.75. The summed E-state index contributed by atoms with van der Waals surface area (Å²) in [5, 5.41) is 4.72. The smallest absolute Gasteiger partial charge is 0.243 e. The lowest BCUT2D eigenvalue weighted by Gasteiger charge is -2.47. The van der Waals surface area contributed by atoms with Gasteiger partial charge in [-0.05, 0) is 29.3 Å². The lowest BCUT2D eigenvalue weighted by molar-refractivity contribution is -0.149. The van der Waals surface area contributed by atoms with E-state index in [1.165, 1.54) is 0 Å². The van der Waals surface area contributed by atoms with Crippen molar-refractivity contribution in [1.29, 1.82) is 0 Å². The number of nitrogens with one attached hydrogen (secondary N) is 1. The second-order valence-electron chi connectivity index (χ2n) is 7.41. The number of carbonyl (C=O) groups excluding carboxylic acids is 2. The van der Waals surface area contributed by atoms with Gasteiger partial charge in [-0.3, -0.25) is 14.6 Å². The largest absolute Gasteiger partial charge is 0.454 e. The van der Waals surface area contributed by atoms with Crippen molar-refractivity contribution < 1.29 is 19.1 Å². The van der Waals surface area contributed by atoms with Crippen molar-refractivity contribution in [2.75, 3.05) is 13.3 Å². The highest BCUT2D eigenvalue weighted by Gasteiger charge is 2.49. The maximum absolute atomic E-state index is 12.9. The number of amides is 2. The quantitative estimate of drug-likeness (QED) is 0.763. The number of carbonyl (C=O) groups is 2. The van der Waals surface area contributed by atoms with Crippen molar-refractivity contribution in [3.05, 3.63) is 58.6 Å². The molecule has 0 bridgehead atoms. The Kier molecular flexibility index (Phi) is 3.12. The Morgan fingerprint density at radius 3 is 2.86 bits per heavy atom. The molecule has 1 N–H and O–H groups in total. The number of benzene rings is 2. The fraction of sp³-hybridized carbons (Fsp3) is 0.286. The number of nitrogens with zero attached hydrogens (tertiary/aromatic N) is 2. The highest BCUT2D eigenvalue weighted by atomic mass is 16.7. The van der Waals surface area contributed by atoms with Crippen LogP contribution in [0.3, 0.4) is 0 Å². The summed E-state index contributed by atoms with van der Waals surface area (Å²) in [6.07, 6.45) is 0.504. The zero-order valence-electron chi connectivity index (χ0n) is 14.9. The average Bonchev–Trinajstić information content (AvgIpc) is 3.33. The number of ether oxygens (including phenoxy) is 2. The highest BCUT2D eigenvalue weighted by Crippen LogP contribution is 2.44. The molecule has 140 valence electrons. The predicted octanol–water partition coefficient (Wildman–Crippen LogP) is 0.0398. The lowest BCUT2D eigenvalue weighted by atomic mass is 9.82. The van der Waals surface area contributed by atoms with E-state index in [0.717, 1.165) is 21.7 Å². The number of fused-ring (bicyclic) bond motifs is 4. The first-order valence-electron chi connectivity index (χ1n) is 9.35. The summed E-state index contributed by atoms with van der Waals surface area (Å²) in [7, 11) is 0. The minimum atomic E-state index is -0.524. The molecule has 4 aliphatic heterocycles. The molecular formula is C21H17N3O4. The van der Waals surface area contributed by atoms with Gasteiger partial charge in [0.2, 0.25) is 18.6 Å². The molecule has 0 aliphatic carbocycles. The summed E-state index contributed by atoms with van der Waals surface area (Å²) in [6, 6.07) is 12.6. The van der Waals surface area contributed by atoms with Crippen LogP contribution in [-0.4, -0.2) is 42.1 Å². The average molecular weight is 375 g/mol. The molecule has 0 aromatic heterocycles. The topological polar surface area (TPSA) is 80.2 Å². The maximum atomic E-state index is 12.9. The summed E-state index contributed by atoms with van der Waals surface area (Å²) in [4.78, 5) is 32.2. The second-order valence-corrected chi connectivity index (χ2v) is 7.41. The Hall–Kier alpha value is -3.35. The number of para-hydroxylation sites is 1. The normalized spacial score (nSPS) is 26.9. The molecule has 6 rings (SSSR count). The van der Waals surface area contributed by atoms with Crippen LogP contribution in [0.4, 0.5) is 0 Å². The molecule has 0 spiro atoms. The number of piperidine rings is 1. The van der Waals surface area contributed by atoms with E-state index in [2.05, 4.69) is 5.32 Å². The van der Waals surface area contributed by atoms with Crippen LogP contribution in [0.15, 0.2) is 47.5 Å². The molecule has 2 saturated heterocycles. The number of rotatable bonds is 1. The highest BCUT2D eigenvalue weighted by molar-refractivity contribution is 5.97. The first-order chi connectivity index (χ1) is 13.7. The van der Waals surface area contributed by atoms with Crippen LogP contribution < -0.4 is 25.4 Å². The molecule has 7 heteroatoms. The molecule has 3 atom stereocenters. The molecule has 0 saturated carbocycles. The van der Waals surface area contributed by atoms with Crippen molar-refractivity contribution in [2.24, 2.45) is 4.99 Å². The van der Waals surface area contributed by atoms with Crippen LogP contribution in [0.2, 0.25) is 0 Å². The maximum Gasteiger partial charge on any atom is 0.243 e. The van der Waals surface area contributed by atoms with E-state index in [1.807, 2.05) is 42.5 Å². The monoisotopic (exact) mass is 375 g/mol. The molecule has 0 radical (unpaired) electrons. The Morgan fingerprint density at radius 1 is 1.07 bits per heavy atom. The fourth-order valence-corrected chi connectivity index (χ4v) is 4.75. The van der Waals surface area contributed by atoms with E-state index in [-0.39, 0.29) is 37.2 Å². The molecule has 28 heavy (non-hydrogen) atoms. The summed E-state index contributed by atoms with van der Waals surface area (Å²) in [5.41, 5.74) is 2.01. The first kappa shape index (κ1) is 15.7. The standard InChI is InChI=1S/C21H17N3O4/c25-18-9-22-21(26)15-8-13-12-3-1-2-4-14(12)23-19(13)20(24(15)18)11-5-6-16-17(7-11)28-10-27-16/h1-7,15,19-20H,8-10H2,(H,22,26)/t15-,19+,20+/m1/s1. The number of hydrogen-bond acceptors (Lipinski definition) is 5. The summed E-state index contributed by atoms with van der Waals surface area (Å²) in [6.45, 7) is 0.207.